The van der Waals surface area contributed by atoms with Crippen LogP contribution in [-0.2, 0) is 18.1 Å². The van der Waals surface area contributed by atoms with Gasteiger partial charge >= 0.3 is 8.80 Å². The summed E-state index contributed by atoms with van der Waals surface area (Å²) in [5.74, 6) is 0.234. The third-order valence-corrected chi connectivity index (χ3v) is 7.51. The van der Waals surface area contributed by atoms with E-state index in [1.165, 1.54) is 32.1 Å². The van der Waals surface area contributed by atoms with Crippen molar-refractivity contribution in [2.45, 2.75) is 85.1 Å². The summed E-state index contributed by atoms with van der Waals surface area (Å²) in [6, 6.07) is 0.712. The lowest BCUT2D eigenvalue weighted by Gasteiger charge is -2.31. The zero-order chi connectivity index (χ0) is 18.3. The van der Waals surface area contributed by atoms with E-state index in [4.69, 9.17) is 13.3 Å². The van der Waals surface area contributed by atoms with Gasteiger partial charge in [-0.3, -0.25) is 4.79 Å². The van der Waals surface area contributed by atoms with Crippen LogP contribution in [0.4, 0.5) is 0 Å². The van der Waals surface area contributed by atoms with Crippen LogP contribution in [0.25, 0.3) is 0 Å². The maximum absolute atomic E-state index is 11.5. The second kappa shape index (κ2) is 15.4. The first-order chi connectivity index (χ1) is 11.5. The van der Waals surface area contributed by atoms with Gasteiger partial charge in [0.1, 0.15) is 0 Å². The maximum Gasteiger partial charge on any atom is 0.501 e. The Labute approximate surface area is 155 Å². The Kier molecular flexibility index (Phi) is 15.5. The molecule has 0 aliphatic rings. The maximum atomic E-state index is 11.5. The Morgan fingerprint density at radius 1 is 0.875 bits per heavy atom. The van der Waals surface area contributed by atoms with Crippen LogP contribution in [-0.4, -0.2) is 33.7 Å². The van der Waals surface area contributed by atoms with Gasteiger partial charge in [0, 0.05) is 32.3 Å². The summed E-state index contributed by atoms with van der Waals surface area (Å²) in [6.07, 6.45) is 9.02. The summed E-state index contributed by atoms with van der Waals surface area (Å²) >= 11 is 3.99. The minimum atomic E-state index is -2.69. The lowest BCUT2D eigenvalue weighted by atomic mass is 9.99. The average molecular weight is 379 g/mol. The van der Waals surface area contributed by atoms with Gasteiger partial charge in [0.2, 0.25) is 0 Å². The fourth-order valence-electron chi connectivity index (χ4n) is 3.05. The lowest BCUT2D eigenvalue weighted by molar-refractivity contribution is -0.111. The summed E-state index contributed by atoms with van der Waals surface area (Å²) < 4.78 is 17.8. The van der Waals surface area contributed by atoms with Crippen LogP contribution in [0.2, 0.25) is 6.04 Å². The van der Waals surface area contributed by atoms with Crippen molar-refractivity contribution in [3.05, 3.63) is 0 Å². The lowest BCUT2D eigenvalue weighted by Crippen LogP contribution is -2.47. The number of carbonyl (C=O) groups excluding carboxylic acids is 1. The molecule has 0 aromatic rings. The van der Waals surface area contributed by atoms with Gasteiger partial charge in [0.25, 0.3) is 0 Å². The third-order valence-electron chi connectivity index (χ3n) is 4.06. The second-order valence-corrected chi connectivity index (χ2v) is 9.35. The molecule has 1 unspecified atom stereocenters. The Bertz CT molecular complexity index is 298. The Balaban J connectivity index is 4.64. The summed E-state index contributed by atoms with van der Waals surface area (Å²) in [7, 11) is -2.69. The standard InChI is InChI=1S/C18H38O4SSi/c1-5-9-10-11-12-13-14-17(15-18(19)23)16-24(20-6-2,21-7-3)22-8-4/h17H,5-16H2,1-4H3,(H,19,23). The van der Waals surface area contributed by atoms with E-state index in [1.54, 1.807) is 0 Å². The number of hydrogen-bond donors (Lipinski definition) is 1. The van der Waals surface area contributed by atoms with E-state index in [2.05, 4.69) is 19.6 Å². The molecular weight excluding hydrogens is 340 g/mol. The van der Waals surface area contributed by atoms with Crippen LogP contribution < -0.4 is 0 Å². The van der Waals surface area contributed by atoms with Crippen molar-refractivity contribution in [1.29, 1.82) is 0 Å². The molecule has 24 heavy (non-hydrogen) atoms. The van der Waals surface area contributed by atoms with Crippen molar-refractivity contribution in [2.24, 2.45) is 5.92 Å². The molecule has 0 bridgehead atoms. The van der Waals surface area contributed by atoms with Crippen molar-refractivity contribution in [2.75, 3.05) is 19.8 Å². The highest BCUT2D eigenvalue weighted by molar-refractivity contribution is 7.96. The molecule has 0 saturated carbocycles. The monoisotopic (exact) mass is 378 g/mol. The van der Waals surface area contributed by atoms with E-state index in [-0.39, 0.29) is 11.0 Å². The highest BCUT2D eigenvalue weighted by Crippen LogP contribution is 2.28. The fraction of sp³-hybridized carbons (Fsp3) is 0.944. The number of hydrogen-bond acceptors (Lipinski definition) is 4. The minimum absolute atomic E-state index is 0.0571. The van der Waals surface area contributed by atoms with Crippen LogP contribution in [0.15, 0.2) is 0 Å². The van der Waals surface area contributed by atoms with Gasteiger partial charge in [-0.15, -0.1) is 12.6 Å². The number of unbranched alkanes of at least 4 members (excludes halogenated alkanes) is 5. The largest absolute Gasteiger partial charge is 0.501 e. The van der Waals surface area contributed by atoms with E-state index in [0.29, 0.717) is 32.3 Å². The molecule has 0 aromatic carbocycles. The molecule has 0 amide bonds. The van der Waals surface area contributed by atoms with Gasteiger partial charge in [-0.05, 0) is 26.7 Å². The summed E-state index contributed by atoms with van der Waals surface area (Å²) in [5, 5.41) is -0.0571. The van der Waals surface area contributed by atoms with E-state index < -0.39 is 8.80 Å². The highest BCUT2D eigenvalue weighted by atomic mass is 32.1. The quantitative estimate of drug-likeness (QED) is 0.213. The van der Waals surface area contributed by atoms with Crippen molar-refractivity contribution in [3.63, 3.8) is 0 Å². The van der Waals surface area contributed by atoms with Crippen molar-refractivity contribution in [3.8, 4) is 0 Å². The van der Waals surface area contributed by atoms with E-state index in [1.807, 2.05) is 20.8 Å². The molecule has 6 heteroatoms. The van der Waals surface area contributed by atoms with Crippen LogP contribution in [0, 0.1) is 5.92 Å². The van der Waals surface area contributed by atoms with Gasteiger partial charge in [0.05, 0.1) is 0 Å². The normalized spacial score (nSPS) is 13.2. The van der Waals surface area contributed by atoms with E-state index in [0.717, 1.165) is 12.8 Å². The molecule has 0 spiro atoms. The van der Waals surface area contributed by atoms with Crippen molar-refractivity contribution in [1.82, 2.24) is 0 Å². The second-order valence-electron chi connectivity index (χ2n) is 6.21. The first-order valence-corrected chi connectivity index (χ1v) is 12.0. The summed E-state index contributed by atoms with van der Waals surface area (Å²) in [4.78, 5) is 11.5. The Hall–Kier alpha value is 0.117. The highest BCUT2D eigenvalue weighted by Gasteiger charge is 2.42. The van der Waals surface area contributed by atoms with Gasteiger partial charge in [-0.2, -0.15) is 0 Å². The average Bonchev–Trinajstić information content (AvgIpc) is 2.50. The molecule has 0 fully saturated rings. The first kappa shape index (κ1) is 24.1. The molecule has 0 saturated heterocycles. The minimum Gasteiger partial charge on any atom is -0.374 e. The third kappa shape index (κ3) is 11.6. The molecule has 1 atom stereocenters. The predicted molar refractivity (Wildman–Crippen MR) is 106 cm³/mol. The number of thiol groups is 1. The van der Waals surface area contributed by atoms with Gasteiger partial charge in [-0.1, -0.05) is 51.9 Å². The van der Waals surface area contributed by atoms with Gasteiger partial charge in [-0.25, -0.2) is 0 Å². The van der Waals surface area contributed by atoms with E-state index >= 15 is 0 Å². The molecule has 0 rings (SSSR count). The molecular formula is C18H38O4SSi. The Morgan fingerprint density at radius 2 is 1.38 bits per heavy atom. The molecule has 0 aliphatic carbocycles. The molecule has 0 heterocycles. The van der Waals surface area contributed by atoms with Crippen molar-refractivity contribution < 1.29 is 18.1 Å². The van der Waals surface area contributed by atoms with Crippen LogP contribution in [0.1, 0.15) is 79.1 Å². The fourth-order valence-corrected chi connectivity index (χ4v) is 6.29. The predicted octanol–water partition coefficient (Wildman–Crippen LogP) is 5.25. The smallest absolute Gasteiger partial charge is 0.374 e. The molecule has 0 N–H and O–H groups in total. The van der Waals surface area contributed by atoms with Crippen LogP contribution in [0.5, 0.6) is 0 Å². The van der Waals surface area contributed by atoms with Crippen LogP contribution in [0.3, 0.4) is 0 Å². The van der Waals surface area contributed by atoms with E-state index in [9.17, 15) is 4.79 Å². The SMILES string of the molecule is CCCCCCCCC(CC(=O)S)C[Si](OCC)(OCC)OCC. The topological polar surface area (TPSA) is 44.8 Å². The molecule has 144 valence electrons. The summed E-state index contributed by atoms with van der Waals surface area (Å²) in [5.41, 5.74) is 0. The molecule has 4 nitrogen and oxygen atoms in total. The molecule has 0 aromatic heterocycles. The van der Waals surface area contributed by atoms with Crippen molar-refractivity contribution >= 4 is 26.5 Å². The Morgan fingerprint density at radius 3 is 1.83 bits per heavy atom. The van der Waals surface area contributed by atoms with Crippen LogP contribution >= 0.6 is 12.6 Å². The van der Waals surface area contributed by atoms with Gasteiger partial charge < -0.3 is 13.3 Å². The zero-order valence-electron chi connectivity index (χ0n) is 16.1. The first-order valence-electron chi connectivity index (χ1n) is 9.67. The molecule has 0 radical (unpaired) electrons. The van der Waals surface area contributed by atoms with Gasteiger partial charge in [0.15, 0.2) is 5.12 Å². The zero-order valence-corrected chi connectivity index (χ0v) is 18.0. The summed E-state index contributed by atoms with van der Waals surface area (Å²) in [6.45, 7) is 9.85. The number of rotatable bonds is 17. The molecule has 0 aliphatic heterocycles. The number of carbonyl (C=O) groups is 1.